The molecule has 2 aliphatic carbocycles. The fourth-order valence-corrected chi connectivity index (χ4v) is 6.66. The lowest BCUT2D eigenvalue weighted by Gasteiger charge is -2.45. The van der Waals surface area contributed by atoms with Crippen molar-refractivity contribution in [1.82, 2.24) is 34.4 Å². The van der Waals surface area contributed by atoms with E-state index in [1.54, 1.807) is 19.4 Å². The number of nitrogens with one attached hydrogen (secondary N) is 1. The van der Waals surface area contributed by atoms with Gasteiger partial charge in [-0.1, -0.05) is 6.92 Å². The van der Waals surface area contributed by atoms with Crippen LogP contribution in [0.15, 0.2) is 42.0 Å². The molecule has 41 heavy (non-hydrogen) atoms. The van der Waals surface area contributed by atoms with Gasteiger partial charge in [-0.3, -0.25) is 14.2 Å². The number of rotatable bonds is 6. The third-order valence-electron chi connectivity index (χ3n) is 8.87. The molecule has 4 aromatic rings. The highest BCUT2D eigenvalue weighted by atomic mass is 19.4. The molecule has 2 fully saturated rings. The summed E-state index contributed by atoms with van der Waals surface area (Å²) in [5.41, 5.74) is -2.76. The molecule has 1 unspecified atom stereocenters. The fourth-order valence-electron chi connectivity index (χ4n) is 6.66. The van der Waals surface area contributed by atoms with Crippen LogP contribution >= 0.6 is 0 Å². The molecular formula is C29H31F4N7O. The van der Waals surface area contributed by atoms with Crippen LogP contribution in [-0.4, -0.2) is 34.7 Å². The second kappa shape index (κ2) is 9.43. The minimum Gasteiger partial charge on any atom is -0.320 e. The highest BCUT2D eigenvalue weighted by Crippen LogP contribution is 2.51. The Morgan fingerprint density at radius 2 is 1.90 bits per heavy atom. The number of pyridine rings is 2. The Hall–Kier alpha value is -3.67. The first-order chi connectivity index (χ1) is 19.3. The molecule has 1 N–H and O–H groups in total. The molecule has 216 valence electrons. The van der Waals surface area contributed by atoms with Crippen LogP contribution in [0.4, 0.5) is 17.6 Å². The summed E-state index contributed by atoms with van der Waals surface area (Å²) in [7, 11) is 1.87. The van der Waals surface area contributed by atoms with Crippen molar-refractivity contribution in [2.75, 3.05) is 0 Å². The molecule has 12 heteroatoms. The van der Waals surface area contributed by atoms with Gasteiger partial charge in [0.2, 0.25) is 0 Å². The second-order valence-electron chi connectivity index (χ2n) is 12.0. The molecule has 0 saturated heterocycles. The van der Waals surface area contributed by atoms with Gasteiger partial charge in [-0.15, -0.1) is 10.2 Å². The molecule has 1 atom stereocenters. The lowest BCUT2D eigenvalue weighted by atomic mass is 9.58. The van der Waals surface area contributed by atoms with E-state index in [1.165, 1.54) is 6.20 Å². The van der Waals surface area contributed by atoms with Crippen LogP contribution in [0, 0.1) is 11.7 Å². The number of alkyl halides is 3. The molecule has 0 aliphatic heterocycles. The summed E-state index contributed by atoms with van der Waals surface area (Å²) >= 11 is 0. The Morgan fingerprint density at radius 3 is 2.49 bits per heavy atom. The van der Waals surface area contributed by atoms with E-state index in [0.717, 1.165) is 60.3 Å². The van der Waals surface area contributed by atoms with Gasteiger partial charge < -0.3 is 9.88 Å². The van der Waals surface area contributed by atoms with Crippen molar-refractivity contribution in [3.8, 4) is 11.1 Å². The number of hydrogen-bond donors (Lipinski definition) is 1. The molecule has 6 rings (SSSR count). The van der Waals surface area contributed by atoms with Crippen LogP contribution < -0.4 is 10.9 Å². The summed E-state index contributed by atoms with van der Waals surface area (Å²) in [5.74, 6) is -0.205. The maximum atomic E-state index is 15.5. The van der Waals surface area contributed by atoms with Gasteiger partial charge in [-0.25, -0.2) is 9.37 Å². The molecule has 2 saturated carbocycles. The second-order valence-corrected chi connectivity index (χ2v) is 12.0. The summed E-state index contributed by atoms with van der Waals surface area (Å²) < 4.78 is 60.7. The van der Waals surface area contributed by atoms with Crippen molar-refractivity contribution in [1.29, 1.82) is 0 Å². The van der Waals surface area contributed by atoms with E-state index in [0.29, 0.717) is 11.5 Å². The Labute approximate surface area is 233 Å². The van der Waals surface area contributed by atoms with Gasteiger partial charge in [0.05, 0.1) is 11.0 Å². The van der Waals surface area contributed by atoms with Crippen molar-refractivity contribution < 1.29 is 17.6 Å². The lowest BCUT2D eigenvalue weighted by molar-refractivity contribution is -0.139. The first-order valence-electron chi connectivity index (χ1n) is 13.7. The number of aryl methyl sites for hydroxylation is 1. The van der Waals surface area contributed by atoms with Gasteiger partial charge in [0.15, 0.2) is 5.65 Å². The summed E-state index contributed by atoms with van der Waals surface area (Å²) in [6.45, 7) is 5.70. The van der Waals surface area contributed by atoms with E-state index in [9.17, 15) is 18.0 Å². The Bertz CT molecular complexity index is 1700. The van der Waals surface area contributed by atoms with E-state index in [2.05, 4.69) is 32.4 Å². The van der Waals surface area contributed by atoms with E-state index < -0.39 is 40.2 Å². The third kappa shape index (κ3) is 4.43. The Kier molecular flexibility index (Phi) is 6.33. The average molecular weight is 570 g/mol. The maximum Gasteiger partial charge on any atom is 0.422 e. The largest absolute Gasteiger partial charge is 0.422 e. The molecule has 0 bridgehead atoms. The normalized spacial score (nSPS) is 22.8. The minimum atomic E-state index is -5.06. The maximum absolute atomic E-state index is 15.5. The number of halogens is 4. The first-order valence-corrected chi connectivity index (χ1v) is 13.7. The van der Waals surface area contributed by atoms with E-state index in [4.69, 9.17) is 0 Å². The molecular weight excluding hydrogens is 538 g/mol. The van der Waals surface area contributed by atoms with Crippen molar-refractivity contribution in [3.63, 3.8) is 0 Å². The van der Waals surface area contributed by atoms with Crippen molar-refractivity contribution in [2.24, 2.45) is 13.0 Å². The lowest BCUT2D eigenvalue weighted by Crippen LogP contribution is -2.49. The van der Waals surface area contributed by atoms with E-state index in [1.807, 2.05) is 24.6 Å². The van der Waals surface area contributed by atoms with Gasteiger partial charge in [0.25, 0.3) is 5.56 Å². The van der Waals surface area contributed by atoms with Gasteiger partial charge in [-0.05, 0) is 63.5 Å². The summed E-state index contributed by atoms with van der Waals surface area (Å²) in [5, 5.41) is 11.6. The molecule has 2 aliphatic rings. The standard InChI is InChI=1S/C29H31F4N7O/c1-16-9-28(10-16,26-38-36-15-39(26)4)19-8-18(11-34-12-19)20-13-35-24-22(29(31,32)33)23(30)21(14-40(24)25(20)41)17(2)37-27(3)6-5-7-27/h8,11-17,37H,5-7,9-10H2,1-4H3. The van der Waals surface area contributed by atoms with Crippen LogP contribution in [0.3, 0.4) is 0 Å². The zero-order valence-electron chi connectivity index (χ0n) is 23.3. The molecule has 4 aromatic heterocycles. The fraction of sp³-hybridized carbons (Fsp3) is 0.483. The molecule has 0 spiro atoms. The number of aromatic nitrogens is 6. The SMILES string of the molecule is CC1CC(c2cncc(-c3cnc4c(C(F)(F)F)c(F)c(C(C)NC5(C)CCC5)cn4c3=O)c2)(c2nncn2C)C1. The number of nitrogens with zero attached hydrogens (tertiary/aromatic N) is 6. The van der Waals surface area contributed by atoms with Gasteiger partial charge >= 0.3 is 6.18 Å². The van der Waals surface area contributed by atoms with Crippen LogP contribution in [0.25, 0.3) is 16.8 Å². The summed E-state index contributed by atoms with van der Waals surface area (Å²) in [4.78, 5) is 22.1. The minimum absolute atomic E-state index is 0.0644. The number of hydrogen-bond acceptors (Lipinski definition) is 6. The highest BCUT2D eigenvalue weighted by Gasteiger charge is 2.48. The van der Waals surface area contributed by atoms with Crippen LogP contribution in [-0.2, 0) is 18.6 Å². The van der Waals surface area contributed by atoms with Crippen LogP contribution in [0.5, 0.6) is 0 Å². The average Bonchev–Trinajstić information content (AvgIpc) is 3.30. The third-order valence-corrected chi connectivity index (χ3v) is 8.87. The molecule has 8 nitrogen and oxygen atoms in total. The summed E-state index contributed by atoms with van der Waals surface area (Å²) in [6, 6.07) is 1.05. The molecule has 0 aromatic carbocycles. The van der Waals surface area contributed by atoms with Crippen molar-refractivity contribution in [2.45, 2.75) is 76.0 Å². The van der Waals surface area contributed by atoms with Gasteiger partial charge in [-0.2, -0.15) is 13.2 Å². The molecule has 4 heterocycles. The zero-order valence-corrected chi connectivity index (χ0v) is 23.3. The smallest absolute Gasteiger partial charge is 0.320 e. The molecule has 0 amide bonds. The van der Waals surface area contributed by atoms with Crippen LogP contribution in [0.1, 0.15) is 81.4 Å². The van der Waals surface area contributed by atoms with E-state index in [-0.39, 0.29) is 16.7 Å². The Morgan fingerprint density at radius 1 is 1.17 bits per heavy atom. The number of fused-ring (bicyclic) bond motifs is 1. The van der Waals surface area contributed by atoms with Crippen molar-refractivity contribution >= 4 is 5.65 Å². The predicted molar refractivity (Wildman–Crippen MR) is 144 cm³/mol. The van der Waals surface area contributed by atoms with Crippen LogP contribution in [0.2, 0.25) is 0 Å². The monoisotopic (exact) mass is 569 g/mol. The Balaban J connectivity index is 1.49. The predicted octanol–water partition coefficient (Wildman–Crippen LogP) is 5.35. The zero-order chi connectivity index (χ0) is 29.3. The first kappa shape index (κ1) is 27.5. The van der Waals surface area contributed by atoms with Crippen molar-refractivity contribution in [3.05, 3.63) is 75.9 Å². The summed E-state index contributed by atoms with van der Waals surface area (Å²) in [6.07, 6.45) is 6.27. The molecule has 0 radical (unpaired) electrons. The topological polar surface area (TPSA) is 90.0 Å². The highest BCUT2D eigenvalue weighted by molar-refractivity contribution is 5.65. The quantitative estimate of drug-likeness (QED) is 0.315. The van der Waals surface area contributed by atoms with Gasteiger partial charge in [0.1, 0.15) is 23.5 Å². The van der Waals surface area contributed by atoms with Gasteiger partial charge in [0, 0.05) is 54.5 Å². The van der Waals surface area contributed by atoms with E-state index >= 15 is 4.39 Å².